The van der Waals surface area contributed by atoms with Gasteiger partial charge in [-0.25, -0.2) is 4.98 Å². The number of nitro groups is 1. The molecule has 0 unspecified atom stereocenters. The fraction of sp³-hybridized carbons (Fsp3) is 0.545. The maximum Gasteiger partial charge on any atom is 0.332 e. The van der Waals surface area contributed by atoms with Crippen LogP contribution in [-0.2, 0) is 4.79 Å². The number of rotatable bonds is 6. The molecule has 9 nitrogen and oxygen atoms in total. The molecule has 0 aromatic carbocycles. The molecule has 4 N–H and O–H groups in total. The minimum Gasteiger partial charge on any atom is -0.368 e. The highest BCUT2D eigenvalue weighted by atomic mass is 16.6. The first-order chi connectivity index (χ1) is 9.31. The largest absolute Gasteiger partial charge is 0.368 e. The van der Waals surface area contributed by atoms with Gasteiger partial charge in [-0.15, -0.1) is 0 Å². The van der Waals surface area contributed by atoms with Crippen LogP contribution in [0.1, 0.15) is 19.5 Å². The highest BCUT2D eigenvalue weighted by Gasteiger charge is 2.21. The summed E-state index contributed by atoms with van der Waals surface area (Å²) in [5.41, 5.74) is 5.31. The summed E-state index contributed by atoms with van der Waals surface area (Å²) in [6.07, 6.45) is 0. The third-order valence-electron chi connectivity index (χ3n) is 2.38. The van der Waals surface area contributed by atoms with E-state index < -0.39 is 4.92 Å². The fourth-order valence-corrected chi connectivity index (χ4v) is 1.47. The molecule has 110 valence electrons. The molecule has 0 spiro atoms. The van der Waals surface area contributed by atoms with Crippen LogP contribution in [0.15, 0.2) is 0 Å². The molecular weight excluding hydrogens is 264 g/mol. The van der Waals surface area contributed by atoms with E-state index in [4.69, 9.17) is 5.73 Å². The number of aryl methyl sites for hydroxylation is 1. The van der Waals surface area contributed by atoms with Crippen molar-refractivity contribution in [3.63, 3.8) is 0 Å². The van der Waals surface area contributed by atoms with Crippen molar-refractivity contribution in [1.29, 1.82) is 0 Å². The van der Waals surface area contributed by atoms with E-state index in [1.807, 2.05) is 13.8 Å². The number of anilines is 2. The molecule has 0 aliphatic carbocycles. The van der Waals surface area contributed by atoms with Crippen LogP contribution in [0.5, 0.6) is 0 Å². The quantitative estimate of drug-likeness (QED) is 0.509. The molecule has 1 aromatic rings. The number of nitrogens with zero attached hydrogens (tertiary/aromatic N) is 3. The zero-order valence-corrected chi connectivity index (χ0v) is 11.6. The highest BCUT2D eigenvalue weighted by Crippen LogP contribution is 2.25. The first-order valence-corrected chi connectivity index (χ1v) is 6.10. The smallest absolute Gasteiger partial charge is 0.332 e. The maximum atomic E-state index is 11.6. The third kappa shape index (κ3) is 4.34. The summed E-state index contributed by atoms with van der Waals surface area (Å²) in [6, 6.07) is 0. The van der Waals surface area contributed by atoms with Crippen molar-refractivity contribution in [3.8, 4) is 0 Å². The van der Waals surface area contributed by atoms with Crippen molar-refractivity contribution < 1.29 is 9.72 Å². The Morgan fingerprint density at radius 1 is 1.45 bits per heavy atom. The predicted molar refractivity (Wildman–Crippen MR) is 74.2 cm³/mol. The van der Waals surface area contributed by atoms with Gasteiger partial charge in [0.15, 0.2) is 0 Å². The van der Waals surface area contributed by atoms with Crippen LogP contribution in [0, 0.1) is 23.0 Å². The Morgan fingerprint density at radius 2 is 2.10 bits per heavy atom. The summed E-state index contributed by atoms with van der Waals surface area (Å²) in [6.45, 7) is 5.80. The lowest BCUT2D eigenvalue weighted by molar-refractivity contribution is -0.385. The average molecular weight is 282 g/mol. The molecule has 0 radical (unpaired) electrons. The summed E-state index contributed by atoms with van der Waals surface area (Å²) in [5, 5.41) is 16.3. The van der Waals surface area contributed by atoms with E-state index in [1.54, 1.807) is 0 Å². The Labute approximate surface area is 116 Å². The molecule has 1 rings (SSSR count). The Balaban J connectivity index is 2.77. The summed E-state index contributed by atoms with van der Waals surface area (Å²) in [5.74, 6) is -0.0917. The van der Waals surface area contributed by atoms with E-state index in [9.17, 15) is 14.9 Å². The van der Waals surface area contributed by atoms with Gasteiger partial charge in [0.05, 0.1) is 11.5 Å². The van der Waals surface area contributed by atoms with Gasteiger partial charge in [-0.05, 0) is 12.8 Å². The zero-order valence-electron chi connectivity index (χ0n) is 11.6. The molecule has 1 heterocycles. The number of carbonyl (C=O) groups excluding carboxylic acids is 1. The number of nitrogen functional groups attached to an aromatic ring is 1. The van der Waals surface area contributed by atoms with Gasteiger partial charge in [-0.2, -0.15) is 4.98 Å². The van der Waals surface area contributed by atoms with Crippen LogP contribution in [0.3, 0.4) is 0 Å². The number of aromatic nitrogens is 2. The second kappa shape index (κ2) is 6.64. The van der Waals surface area contributed by atoms with Gasteiger partial charge in [-0.3, -0.25) is 14.9 Å². The van der Waals surface area contributed by atoms with Gasteiger partial charge in [0.1, 0.15) is 5.69 Å². The van der Waals surface area contributed by atoms with Crippen LogP contribution in [0.4, 0.5) is 17.5 Å². The van der Waals surface area contributed by atoms with E-state index in [0.717, 1.165) is 0 Å². The Morgan fingerprint density at radius 3 is 2.65 bits per heavy atom. The van der Waals surface area contributed by atoms with Crippen molar-refractivity contribution >= 4 is 23.4 Å². The molecular formula is C11H18N6O3. The molecule has 0 saturated carbocycles. The van der Waals surface area contributed by atoms with Gasteiger partial charge >= 0.3 is 5.69 Å². The molecule has 20 heavy (non-hydrogen) atoms. The SMILES string of the molecule is Cc1nc(N)nc(NCC(=O)NCC(C)C)c1[N+](=O)[O-]. The number of hydrogen-bond acceptors (Lipinski definition) is 7. The molecule has 0 saturated heterocycles. The molecule has 0 bridgehead atoms. The zero-order chi connectivity index (χ0) is 15.3. The van der Waals surface area contributed by atoms with Gasteiger partial charge in [0.25, 0.3) is 0 Å². The minimum atomic E-state index is -0.608. The van der Waals surface area contributed by atoms with Gasteiger partial charge in [-0.1, -0.05) is 13.8 Å². The maximum absolute atomic E-state index is 11.6. The van der Waals surface area contributed by atoms with Crippen LogP contribution in [0.25, 0.3) is 0 Å². The van der Waals surface area contributed by atoms with Crippen molar-refractivity contribution in [2.75, 3.05) is 24.1 Å². The van der Waals surface area contributed by atoms with Crippen molar-refractivity contribution in [3.05, 3.63) is 15.8 Å². The van der Waals surface area contributed by atoms with E-state index in [1.165, 1.54) is 6.92 Å². The van der Waals surface area contributed by atoms with Crippen LogP contribution < -0.4 is 16.4 Å². The van der Waals surface area contributed by atoms with Crippen molar-refractivity contribution in [2.45, 2.75) is 20.8 Å². The summed E-state index contributed by atoms with van der Waals surface area (Å²) in [4.78, 5) is 29.4. The lowest BCUT2D eigenvalue weighted by Crippen LogP contribution is -2.32. The minimum absolute atomic E-state index is 0.0558. The Hall–Kier alpha value is -2.45. The normalized spacial score (nSPS) is 10.4. The van der Waals surface area contributed by atoms with E-state index >= 15 is 0 Å². The topological polar surface area (TPSA) is 136 Å². The third-order valence-corrected chi connectivity index (χ3v) is 2.38. The first kappa shape index (κ1) is 15.6. The first-order valence-electron chi connectivity index (χ1n) is 6.10. The molecule has 1 amide bonds. The predicted octanol–water partition coefficient (Wildman–Crippen LogP) is 0.460. The summed E-state index contributed by atoms with van der Waals surface area (Å²) in [7, 11) is 0. The van der Waals surface area contributed by atoms with Crippen molar-refractivity contribution in [2.24, 2.45) is 5.92 Å². The highest BCUT2D eigenvalue weighted by molar-refractivity contribution is 5.81. The molecule has 9 heteroatoms. The van der Waals surface area contributed by atoms with E-state index in [-0.39, 0.29) is 35.6 Å². The lowest BCUT2D eigenvalue weighted by Gasteiger charge is -2.10. The number of nitrogens with two attached hydrogens (primary N) is 1. The van der Waals surface area contributed by atoms with Crippen LogP contribution >= 0.6 is 0 Å². The van der Waals surface area contributed by atoms with E-state index in [2.05, 4.69) is 20.6 Å². The van der Waals surface area contributed by atoms with Gasteiger partial charge in [0, 0.05) is 6.54 Å². The Bertz CT molecular complexity index is 517. The molecule has 0 aliphatic heterocycles. The monoisotopic (exact) mass is 282 g/mol. The standard InChI is InChI=1S/C11H18N6O3/c1-6(2)4-13-8(18)5-14-10-9(17(19)20)7(3)15-11(12)16-10/h6H,4-5H2,1-3H3,(H,13,18)(H3,12,14,15,16). The number of amides is 1. The molecule has 0 fully saturated rings. The summed E-state index contributed by atoms with van der Waals surface area (Å²) < 4.78 is 0. The van der Waals surface area contributed by atoms with Crippen LogP contribution in [-0.4, -0.2) is 33.9 Å². The lowest BCUT2D eigenvalue weighted by atomic mass is 10.2. The fourth-order valence-electron chi connectivity index (χ4n) is 1.47. The van der Waals surface area contributed by atoms with E-state index in [0.29, 0.717) is 12.5 Å². The number of hydrogen-bond donors (Lipinski definition) is 3. The number of carbonyl (C=O) groups is 1. The molecule has 0 aliphatic rings. The van der Waals surface area contributed by atoms with Crippen molar-refractivity contribution in [1.82, 2.24) is 15.3 Å². The molecule has 1 aromatic heterocycles. The summed E-state index contributed by atoms with van der Waals surface area (Å²) >= 11 is 0. The molecule has 0 atom stereocenters. The second-order valence-electron chi connectivity index (χ2n) is 4.67. The van der Waals surface area contributed by atoms with Gasteiger partial charge < -0.3 is 16.4 Å². The van der Waals surface area contributed by atoms with Crippen LogP contribution in [0.2, 0.25) is 0 Å². The number of nitrogens with one attached hydrogen (secondary N) is 2. The Kier molecular flexibility index (Phi) is 5.18. The second-order valence-corrected chi connectivity index (χ2v) is 4.67. The average Bonchev–Trinajstić information content (AvgIpc) is 2.32. The van der Waals surface area contributed by atoms with Gasteiger partial charge in [0.2, 0.25) is 17.7 Å².